The van der Waals surface area contributed by atoms with E-state index < -0.39 is 16.9 Å². The number of rotatable bonds is 6. The summed E-state index contributed by atoms with van der Waals surface area (Å²) in [5.41, 5.74) is -0.149. The minimum atomic E-state index is -0.673. The summed E-state index contributed by atoms with van der Waals surface area (Å²) in [6.45, 7) is 3.78. The van der Waals surface area contributed by atoms with E-state index in [9.17, 15) is 14.9 Å². The second kappa shape index (κ2) is 7.10. The molecule has 0 saturated carbocycles. The van der Waals surface area contributed by atoms with E-state index in [4.69, 9.17) is 16.3 Å². The van der Waals surface area contributed by atoms with Gasteiger partial charge >= 0.3 is 0 Å². The van der Waals surface area contributed by atoms with Gasteiger partial charge in [0.15, 0.2) is 0 Å². The highest BCUT2D eigenvalue weighted by atomic mass is 35.5. The second-order valence-electron chi connectivity index (χ2n) is 4.67. The number of nitro groups is 1. The zero-order valence-corrected chi connectivity index (χ0v) is 13.3. The molecular weight excluding hydrogens is 324 g/mol. The van der Waals surface area contributed by atoms with Crippen molar-refractivity contribution < 1.29 is 14.5 Å². The Bertz CT molecular complexity index is 731. The van der Waals surface area contributed by atoms with Crippen LogP contribution >= 0.6 is 11.6 Å². The predicted molar refractivity (Wildman–Crippen MR) is 84.8 cm³/mol. The Kier molecular flexibility index (Phi) is 5.17. The number of hydrogen-bond donors (Lipinski definition) is 1. The molecule has 1 N–H and O–H groups in total. The molecule has 0 saturated heterocycles. The van der Waals surface area contributed by atoms with Crippen molar-refractivity contribution in [3.05, 3.63) is 45.7 Å². The van der Waals surface area contributed by atoms with Gasteiger partial charge in [-0.2, -0.15) is 5.10 Å². The van der Waals surface area contributed by atoms with Gasteiger partial charge in [0.25, 0.3) is 5.69 Å². The fourth-order valence-corrected chi connectivity index (χ4v) is 2.05. The summed E-state index contributed by atoms with van der Waals surface area (Å²) in [5.74, 6) is -0.0823. The molecule has 0 fully saturated rings. The molecule has 0 spiro atoms. The summed E-state index contributed by atoms with van der Waals surface area (Å²) in [6, 6.07) is 3.59. The van der Waals surface area contributed by atoms with Gasteiger partial charge in [-0.15, -0.1) is 0 Å². The van der Waals surface area contributed by atoms with Crippen molar-refractivity contribution in [1.29, 1.82) is 0 Å². The van der Waals surface area contributed by atoms with Gasteiger partial charge in [0, 0.05) is 6.20 Å². The lowest BCUT2D eigenvalue weighted by Crippen LogP contribution is -2.24. The van der Waals surface area contributed by atoms with E-state index >= 15 is 0 Å². The minimum absolute atomic E-state index is 0.0913. The molecule has 1 amide bonds. The zero-order chi connectivity index (χ0) is 17.0. The number of halogens is 1. The molecule has 122 valence electrons. The number of aromatic nitrogens is 2. The summed E-state index contributed by atoms with van der Waals surface area (Å²) in [4.78, 5) is 22.8. The summed E-state index contributed by atoms with van der Waals surface area (Å²) in [7, 11) is 0. The molecule has 0 aliphatic heterocycles. The molecule has 0 radical (unpaired) electrons. The van der Waals surface area contributed by atoms with Crippen LogP contribution in [0.2, 0.25) is 5.02 Å². The van der Waals surface area contributed by atoms with E-state index in [2.05, 4.69) is 10.4 Å². The molecular formula is C14H15ClN4O4. The maximum Gasteiger partial charge on any atom is 0.296 e. The van der Waals surface area contributed by atoms with Crippen molar-refractivity contribution in [3.63, 3.8) is 0 Å². The lowest BCUT2D eigenvalue weighted by atomic mass is 10.2. The molecule has 1 aromatic carbocycles. The molecule has 2 rings (SSSR count). The number of hydrogen-bond acceptors (Lipinski definition) is 5. The third-order valence-electron chi connectivity index (χ3n) is 3.08. The van der Waals surface area contributed by atoms with Crippen LogP contribution in [0.25, 0.3) is 0 Å². The quantitative estimate of drug-likeness (QED) is 0.644. The van der Waals surface area contributed by atoms with Crippen LogP contribution in [0, 0.1) is 10.1 Å². The SMILES string of the molecule is CCOc1ccc(NC(=O)C(C)n2cc(Cl)cn2)c([N+](=O)[O-])c1. The van der Waals surface area contributed by atoms with Crippen molar-refractivity contribution in [2.24, 2.45) is 0 Å². The van der Waals surface area contributed by atoms with E-state index in [0.717, 1.165) is 0 Å². The first kappa shape index (κ1) is 16.8. The first-order chi connectivity index (χ1) is 10.9. The van der Waals surface area contributed by atoms with Crippen molar-refractivity contribution in [2.45, 2.75) is 19.9 Å². The Morgan fingerprint density at radius 2 is 2.30 bits per heavy atom. The minimum Gasteiger partial charge on any atom is -0.494 e. The summed E-state index contributed by atoms with van der Waals surface area (Å²) in [6.07, 6.45) is 2.91. The molecule has 1 unspecified atom stereocenters. The van der Waals surface area contributed by atoms with Gasteiger partial charge in [-0.3, -0.25) is 19.6 Å². The highest BCUT2D eigenvalue weighted by Gasteiger charge is 2.21. The Hall–Kier alpha value is -2.61. The van der Waals surface area contributed by atoms with Crippen LogP contribution in [-0.4, -0.2) is 27.2 Å². The molecule has 2 aromatic rings. The number of carbonyl (C=O) groups excluding carboxylic acids is 1. The van der Waals surface area contributed by atoms with Gasteiger partial charge in [0.05, 0.1) is 28.8 Å². The fourth-order valence-electron chi connectivity index (χ4n) is 1.91. The Balaban J connectivity index is 2.21. The number of nitrogens with zero attached hydrogens (tertiary/aromatic N) is 3. The van der Waals surface area contributed by atoms with Gasteiger partial charge < -0.3 is 10.1 Å². The molecule has 0 bridgehead atoms. The number of anilines is 1. The summed E-state index contributed by atoms with van der Waals surface area (Å²) < 4.78 is 6.60. The number of ether oxygens (including phenoxy) is 1. The smallest absolute Gasteiger partial charge is 0.296 e. The molecule has 1 heterocycles. The molecule has 1 aromatic heterocycles. The summed E-state index contributed by atoms with van der Waals surface area (Å²) in [5, 5.41) is 18.0. The number of nitro benzene ring substituents is 1. The average molecular weight is 339 g/mol. The van der Waals surface area contributed by atoms with E-state index in [1.807, 2.05) is 0 Å². The van der Waals surface area contributed by atoms with Crippen molar-refractivity contribution >= 4 is 28.9 Å². The molecule has 0 aliphatic carbocycles. The van der Waals surface area contributed by atoms with Crippen LogP contribution < -0.4 is 10.1 Å². The number of nitrogens with one attached hydrogen (secondary N) is 1. The van der Waals surface area contributed by atoms with Gasteiger partial charge in [-0.05, 0) is 26.0 Å². The number of amides is 1. The first-order valence-corrected chi connectivity index (χ1v) is 7.22. The Morgan fingerprint density at radius 3 is 2.87 bits per heavy atom. The topological polar surface area (TPSA) is 99.3 Å². The number of benzene rings is 1. The molecule has 1 atom stereocenters. The normalized spacial score (nSPS) is 11.8. The van der Waals surface area contributed by atoms with E-state index in [-0.39, 0.29) is 11.4 Å². The maximum atomic E-state index is 12.2. The lowest BCUT2D eigenvalue weighted by Gasteiger charge is -2.13. The third-order valence-corrected chi connectivity index (χ3v) is 3.28. The highest BCUT2D eigenvalue weighted by molar-refractivity contribution is 6.30. The number of carbonyl (C=O) groups is 1. The highest BCUT2D eigenvalue weighted by Crippen LogP contribution is 2.29. The second-order valence-corrected chi connectivity index (χ2v) is 5.11. The van der Waals surface area contributed by atoms with Gasteiger partial charge in [0.2, 0.25) is 5.91 Å². The van der Waals surface area contributed by atoms with E-state index in [1.165, 1.54) is 29.2 Å². The van der Waals surface area contributed by atoms with Gasteiger partial charge in [-0.1, -0.05) is 11.6 Å². The van der Waals surface area contributed by atoms with Crippen LogP contribution in [0.1, 0.15) is 19.9 Å². The average Bonchev–Trinajstić information content (AvgIpc) is 2.94. The van der Waals surface area contributed by atoms with Crippen LogP contribution in [0.5, 0.6) is 5.75 Å². The van der Waals surface area contributed by atoms with Crippen LogP contribution in [0.3, 0.4) is 0 Å². The van der Waals surface area contributed by atoms with Gasteiger partial charge in [0.1, 0.15) is 17.5 Å². The van der Waals surface area contributed by atoms with Crippen LogP contribution in [0.4, 0.5) is 11.4 Å². The largest absolute Gasteiger partial charge is 0.494 e. The predicted octanol–water partition coefficient (Wildman–Crippen LogP) is 3.04. The molecule has 9 heteroatoms. The standard InChI is InChI=1S/C14H15ClN4O4/c1-3-23-11-4-5-12(13(6-11)19(21)22)17-14(20)9(2)18-8-10(15)7-16-18/h4-9H,3H2,1-2H3,(H,17,20). The van der Waals surface area contributed by atoms with Gasteiger partial charge in [-0.25, -0.2) is 0 Å². The van der Waals surface area contributed by atoms with E-state index in [1.54, 1.807) is 19.9 Å². The van der Waals surface area contributed by atoms with Crippen molar-refractivity contribution in [1.82, 2.24) is 9.78 Å². The Labute approximate surface area is 137 Å². The summed E-state index contributed by atoms with van der Waals surface area (Å²) >= 11 is 5.77. The molecule has 8 nitrogen and oxygen atoms in total. The van der Waals surface area contributed by atoms with E-state index in [0.29, 0.717) is 17.4 Å². The van der Waals surface area contributed by atoms with Crippen LogP contribution in [-0.2, 0) is 4.79 Å². The monoisotopic (exact) mass is 338 g/mol. The lowest BCUT2D eigenvalue weighted by molar-refractivity contribution is -0.384. The third kappa shape index (κ3) is 3.98. The van der Waals surface area contributed by atoms with Crippen LogP contribution in [0.15, 0.2) is 30.6 Å². The maximum absolute atomic E-state index is 12.2. The molecule has 0 aliphatic rings. The van der Waals surface area contributed by atoms with Crippen molar-refractivity contribution in [2.75, 3.05) is 11.9 Å². The van der Waals surface area contributed by atoms with Crippen molar-refractivity contribution in [3.8, 4) is 5.75 Å². The fraction of sp³-hybridized carbons (Fsp3) is 0.286. The first-order valence-electron chi connectivity index (χ1n) is 6.84. The Morgan fingerprint density at radius 1 is 1.57 bits per heavy atom. The molecule has 23 heavy (non-hydrogen) atoms. The zero-order valence-electron chi connectivity index (χ0n) is 12.5.